The van der Waals surface area contributed by atoms with Gasteiger partial charge in [0.15, 0.2) is 0 Å². The normalized spacial score (nSPS) is 28.0. The Bertz CT molecular complexity index is 589. The smallest absolute Gasteiger partial charge is 0.310 e. The fraction of sp³-hybridized carbons (Fsp3) is 0.600. The van der Waals surface area contributed by atoms with Crippen molar-refractivity contribution < 1.29 is 19.1 Å². The maximum Gasteiger partial charge on any atom is 0.310 e. The number of carbonyl (C=O) groups is 2. The van der Waals surface area contributed by atoms with Gasteiger partial charge in [-0.2, -0.15) is 0 Å². The van der Waals surface area contributed by atoms with Gasteiger partial charge in [-0.15, -0.1) is 0 Å². The first kappa shape index (κ1) is 17.9. The van der Waals surface area contributed by atoms with Crippen LogP contribution in [0.3, 0.4) is 0 Å². The Hall–Kier alpha value is -1.88. The van der Waals surface area contributed by atoms with E-state index in [1.165, 1.54) is 12.5 Å². The van der Waals surface area contributed by atoms with Gasteiger partial charge in [0.2, 0.25) is 0 Å². The topological polar surface area (TPSA) is 55.8 Å². The Morgan fingerprint density at radius 3 is 2.80 bits per heavy atom. The lowest BCUT2D eigenvalue weighted by Gasteiger charge is -2.39. The molecule has 0 unspecified atom stereocenters. The molecule has 0 saturated carbocycles. The van der Waals surface area contributed by atoms with Gasteiger partial charge in [-0.3, -0.25) is 14.5 Å². The van der Waals surface area contributed by atoms with Crippen LogP contribution in [0.5, 0.6) is 0 Å². The number of cyclic esters (lactones) is 1. The second kappa shape index (κ2) is 8.48. The number of esters is 2. The third kappa shape index (κ3) is 4.82. The van der Waals surface area contributed by atoms with Crippen molar-refractivity contribution in [1.82, 2.24) is 4.90 Å². The zero-order valence-corrected chi connectivity index (χ0v) is 14.9. The predicted molar refractivity (Wildman–Crippen MR) is 93.7 cm³/mol. The molecule has 25 heavy (non-hydrogen) atoms. The standard InChI is InChI=1S/C20H27NO4/c1-15(22)25-17-10-12-24-20(23)18(13-17)19-9-5-6-11-21(19)14-16-7-3-2-4-8-16/h2-4,7-8,17-19H,5-6,9-14H2,1H3/t17-,18-,19+/m0/s1. The Kier molecular flexibility index (Phi) is 6.08. The molecular formula is C20H27NO4. The maximum absolute atomic E-state index is 12.6. The summed E-state index contributed by atoms with van der Waals surface area (Å²) in [5, 5.41) is 0. The third-order valence-electron chi connectivity index (χ3n) is 5.19. The molecular weight excluding hydrogens is 318 g/mol. The molecule has 136 valence electrons. The summed E-state index contributed by atoms with van der Waals surface area (Å²) >= 11 is 0. The summed E-state index contributed by atoms with van der Waals surface area (Å²) in [7, 11) is 0. The van der Waals surface area contributed by atoms with Gasteiger partial charge in [0.1, 0.15) is 6.10 Å². The monoisotopic (exact) mass is 345 g/mol. The molecule has 0 bridgehead atoms. The van der Waals surface area contributed by atoms with Crippen molar-refractivity contribution in [3.05, 3.63) is 35.9 Å². The molecule has 0 radical (unpaired) electrons. The molecule has 2 fully saturated rings. The second-order valence-electron chi connectivity index (χ2n) is 7.05. The van der Waals surface area contributed by atoms with Crippen molar-refractivity contribution >= 4 is 11.9 Å². The van der Waals surface area contributed by atoms with Gasteiger partial charge in [-0.1, -0.05) is 36.8 Å². The van der Waals surface area contributed by atoms with Gasteiger partial charge in [-0.25, -0.2) is 0 Å². The molecule has 5 nitrogen and oxygen atoms in total. The number of hydrogen-bond acceptors (Lipinski definition) is 5. The van der Waals surface area contributed by atoms with Crippen LogP contribution in [-0.4, -0.2) is 42.1 Å². The van der Waals surface area contributed by atoms with E-state index in [2.05, 4.69) is 17.0 Å². The lowest BCUT2D eigenvalue weighted by molar-refractivity contribution is -0.152. The van der Waals surface area contributed by atoms with E-state index in [4.69, 9.17) is 9.47 Å². The summed E-state index contributed by atoms with van der Waals surface area (Å²) in [5.74, 6) is -0.654. The van der Waals surface area contributed by atoms with Crippen LogP contribution in [0.1, 0.15) is 44.6 Å². The summed E-state index contributed by atoms with van der Waals surface area (Å²) in [6.45, 7) is 3.58. The number of rotatable bonds is 4. The van der Waals surface area contributed by atoms with Gasteiger partial charge < -0.3 is 9.47 Å². The highest BCUT2D eigenvalue weighted by atomic mass is 16.6. The molecule has 0 N–H and O–H groups in total. The number of piperidine rings is 1. The van der Waals surface area contributed by atoms with Crippen LogP contribution < -0.4 is 0 Å². The van der Waals surface area contributed by atoms with Gasteiger partial charge >= 0.3 is 11.9 Å². The molecule has 3 atom stereocenters. The second-order valence-corrected chi connectivity index (χ2v) is 7.05. The fourth-order valence-corrected chi connectivity index (χ4v) is 4.04. The number of ether oxygens (including phenoxy) is 2. The Morgan fingerprint density at radius 1 is 1.24 bits per heavy atom. The van der Waals surface area contributed by atoms with Crippen LogP contribution in [-0.2, 0) is 25.6 Å². The van der Waals surface area contributed by atoms with Crippen LogP contribution in [0, 0.1) is 5.92 Å². The van der Waals surface area contributed by atoms with E-state index in [1.54, 1.807) is 0 Å². The third-order valence-corrected chi connectivity index (χ3v) is 5.19. The summed E-state index contributed by atoms with van der Waals surface area (Å²) in [5.41, 5.74) is 1.26. The zero-order chi connectivity index (χ0) is 17.6. The molecule has 2 saturated heterocycles. The van der Waals surface area contributed by atoms with Crippen molar-refractivity contribution in [2.24, 2.45) is 5.92 Å². The molecule has 3 rings (SSSR count). The van der Waals surface area contributed by atoms with Crippen molar-refractivity contribution in [1.29, 1.82) is 0 Å². The van der Waals surface area contributed by atoms with Crippen LogP contribution in [0.4, 0.5) is 0 Å². The summed E-state index contributed by atoms with van der Waals surface area (Å²) in [6.07, 6.45) is 4.19. The quantitative estimate of drug-likeness (QED) is 0.786. The molecule has 0 aromatic heterocycles. The maximum atomic E-state index is 12.6. The fourth-order valence-electron chi connectivity index (χ4n) is 4.04. The summed E-state index contributed by atoms with van der Waals surface area (Å²) in [4.78, 5) is 26.3. The van der Waals surface area contributed by atoms with E-state index in [1.807, 2.05) is 18.2 Å². The molecule has 2 heterocycles. The average molecular weight is 345 g/mol. The molecule has 0 amide bonds. The van der Waals surface area contributed by atoms with E-state index < -0.39 is 0 Å². The SMILES string of the molecule is CC(=O)O[C@H]1CCOC(=O)[C@H]([C@H]2CCCCN2Cc2ccccc2)C1. The van der Waals surface area contributed by atoms with Gasteiger partial charge in [0, 0.05) is 25.9 Å². The van der Waals surface area contributed by atoms with Crippen molar-refractivity contribution in [3.63, 3.8) is 0 Å². The lowest BCUT2D eigenvalue weighted by Crippen LogP contribution is -2.47. The zero-order valence-electron chi connectivity index (χ0n) is 14.9. The van der Waals surface area contributed by atoms with E-state index in [9.17, 15) is 9.59 Å². The van der Waals surface area contributed by atoms with Crippen molar-refractivity contribution in [2.45, 2.75) is 57.7 Å². The number of hydrogen-bond donors (Lipinski definition) is 0. The number of carbonyl (C=O) groups excluding carboxylic acids is 2. The molecule has 5 heteroatoms. The minimum Gasteiger partial charge on any atom is -0.465 e. The molecule has 2 aliphatic rings. The minimum absolute atomic E-state index is 0.139. The first-order chi connectivity index (χ1) is 12.1. The molecule has 2 aliphatic heterocycles. The van der Waals surface area contributed by atoms with Crippen LogP contribution >= 0.6 is 0 Å². The number of likely N-dealkylation sites (tertiary alicyclic amines) is 1. The van der Waals surface area contributed by atoms with Crippen LogP contribution in [0.25, 0.3) is 0 Å². The van der Waals surface area contributed by atoms with E-state index in [0.717, 1.165) is 32.4 Å². The van der Waals surface area contributed by atoms with E-state index >= 15 is 0 Å². The number of benzene rings is 1. The molecule has 1 aromatic rings. The van der Waals surface area contributed by atoms with Crippen LogP contribution in [0.15, 0.2) is 30.3 Å². The first-order valence-corrected chi connectivity index (χ1v) is 9.25. The van der Waals surface area contributed by atoms with E-state index in [-0.39, 0.29) is 30.0 Å². The summed E-state index contributed by atoms with van der Waals surface area (Å²) < 4.78 is 10.8. The molecule has 0 aliphatic carbocycles. The minimum atomic E-state index is -0.289. The lowest BCUT2D eigenvalue weighted by atomic mass is 9.86. The van der Waals surface area contributed by atoms with Crippen molar-refractivity contribution in [3.8, 4) is 0 Å². The molecule has 1 aromatic carbocycles. The molecule has 0 spiro atoms. The Labute approximate surface area is 149 Å². The van der Waals surface area contributed by atoms with E-state index in [0.29, 0.717) is 19.4 Å². The van der Waals surface area contributed by atoms with Crippen molar-refractivity contribution in [2.75, 3.05) is 13.2 Å². The Balaban J connectivity index is 1.74. The average Bonchev–Trinajstić information content (AvgIpc) is 2.77. The summed E-state index contributed by atoms with van der Waals surface area (Å²) in [6, 6.07) is 10.5. The highest BCUT2D eigenvalue weighted by molar-refractivity contribution is 5.74. The van der Waals surface area contributed by atoms with Gasteiger partial charge in [-0.05, 0) is 31.4 Å². The number of nitrogens with zero attached hydrogens (tertiary/aromatic N) is 1. The van der Waals surface area contributed by atoms with Gasteiger partial charge in [0.05, 0.1) is 12.5 Å². The first-order valence-electron chi connectivity index (χ1n) is 9.25. The predicted octanol–water partition coefficient (Wildman–Crippen LogP) is 2.93. The highest BCUT2D eigenvalue weighted by Gasteiger charge is 2.39. The highest BCUT2D eigenvalue weighted by Crippen LogP contribution is 2.31. The van der Waals surface area contributed by atoms with Gasteiger partial charge in [0.25, 0.3) is 0 Å². The largest absolute Gasteiger partial charge is 0.465 e. The Morgan fingerprint density at radius 2 is 2.04 bits per heavy atom. The van der Waals surface area contributed by atoms with Crippen LogP contribution in [0.2, 0.25) is 0 Å².